The van der Waals surface area contributed by atoms with Gasteiger partial charge in [-0.1, -0.05) is 18.5 Å². The van der Waals surface area contributed by atoms with E-state index in [0.717, 1.165) is 39.2 Å². The van der Waals surface area contributed by atoms with Gasteiger partial charge in [-0.3, -0.25) is 4.57 Å². The molecule has 0 radical (unpaired) electrons. The number of thiophene rings is 1. The maximum atomic E-state index is 6.02. The molecule has 3 rings (SSSR count). The molecule has 3 aromatic rings. The highest BCUT2D eigenvalue weighted by Gasteiger charge is 2.13. The molecule has 0 aliphatic carbocycles. The van der Waals surface area contributed by atoms with Gasteiger partial charge in [0.25, 0.3) is 0 Å². The summed E-state index contributed by atoms with van der Waals surface area (Å²) in [5.41, 5.74) is 1.84. The van der Waals surface area contributed by atoms with Gasteiger partial charge in [0.1, 0.15) is 16.3 Å². The molecule has 0 aromatic carbocycles. The zero-order valence-electron chi connectivity index (χ0n) is 9.93. The molecule has 0 amide bonds. The van der Waals surface area contributed by atoms with Gasteiger partial charge in [-0.15, -0.1) is 11.3 Å². The Balaban J connectivity index is 2.27. The van der Waals surface area contributed by atoms with E-state index >= 15 is 0 Å². The van der Waals surface area contributed by atoms with Crippen LogP contribution in [0.3, 0.4) is 0 Å². The number of hydrogen-bond donors (Lipinski definition) is 0. The van der Waals surface area contributed by atoms with Crippen LogP contribution in [0.5, 0.6) is 0 Å². The van der Waals surface area contributed by atoms with Gasteiger partial charge < -0.3 is 0 Å². The Hall–Kier alpha value is -1.39. The van der Waals surface area contributed by atoms with Crippen molar-refractivity contribution in [3.8, 4) is 5.00 Å². The van der Waals surface area contributed by atoms with Crippen LogP contribution in [0.2, 0.25) is 4.34 Å². The number of hydrogen-bond acceptors (Lipinski definition) is 3. The third-order valence-corrected chi connectivity index (χ3v) is 3.95. The van der Waals surface area contributed by atoms with Gasteiger partial charge in [0.2, 0.25) is 0 Å². The quantitative estimate of drug-likeness (QED) is 0.722. The van der Waals surface area contributed by atoms with E-state index in [-0.39, 0.29) is 0 Å². The Labute approximate surface area is 114 Å². The summed E-state index contributed by atoms with van der Waals surface area (Å²) in [6, 6.07) is 7.83. The summed E-state index contributed by atoms with van der Waals surface area (Å²) >= 11 is 7.57. The predicted octanol–water partition coefficient (Wildman–Crippen LogP) is 4.09. The highest BCUT2D eigenvalue weighted by molar-refractivity contribution is 7.18. The summed E-state index contributed by atoms with van der Waals surface area (Å²) in [4.78, 5) is 9.09. The average molecular weight is 278 g/mol. The van der Waals surface area contributed by atoms with Crippen molar-refractivity contribution >= 4 is 34.1 Å². The van der Waals surface area contributed by atoms with Crippen molar-refractivity contribution in [3.05, 3.63) is 40.6 Å². The first-order valence-corrected chi connectivity index (χ1v) is 7.07. The van der Waals surface area contributed by atoms with Gasteiger partial charge >= 0.3 is 0 Å². The molecular formula is C13H12ClN3S. The lowest BCUT2D eigenvalue weighted by Gasteiger charge is -2.04. The van der Waals surface area contributed by atoms with Crippen LogP contribution in [0.15, 0.2) is 30.5 Å². The fourth-order valence-electron chi connectivity index (χ4n) is 2.01. The van der Waals surface area contributed by atoms with E-state index in [1.807, 2.05) is 24.3 Å². The molecule has 18 heavy (non-hydrogen) atoms. The fraction of sp³-hybridized carbons (Fsp3) is 0.231. The van der Waals surface area contributed by atoms with Crippen LogP contribution in [-0.2, 0) is 6.42 Å². The molecule has 0 fully saturated rings. The average Bonchev–Trinajstić information content (AvgIpc) is 2.92. The van der Waals surface area contributed by atoms with Crippen molar-refractivity contribution in [2.45, 2.75) is 19.8 Å². The van der Waals surface area contributed by atoms with E-state index in [9.17, 15) is 0 Å². The predicted molar refractivity (Wildman–Crippen MR) is 75.7 cm³/mol. The minimum Gasteiger partial charge on any atom is -0.271 e. The fourth-order valence-corrected chi connectivity index (χ4v) is 3.06. The zero-order chi connectivity index (χ0) is 12.5. The van der Waals surface area contributed by atoms with Crippen molar-refractivity contribution in [2.24, 2.45) is 0 Å². The lowest BCUT2D eigenvalue weighted by Crippen LogP contribution is -1.99. The minimum atomic E-state index is 0.783. The molecule has 5 heteroatoms. The lowest BCUT2D eigenvalue weighted by molar-refractivity contribution is 0.820. The summed E-state index contributed by atoms with van der Waals surface area (Å²) in [6.45, 7) is 2.15. The molecule has 0 atom stereocenters. The summed E-state index contributed by atoms with van der Waals surface area (Å²) in [6.07, 6.45) is 3.79. The van der Waals surface area contributed by atoms with E-state index in [4.69, 9.17) is 11.6 Å². The second-order valence-electron chi connectivity index (χ2n) is 4.04. The third-order valence-electron chi connectivity index (χ3n) is 2.74. The molecule has 0 saturated heterocycles. The van der Waals surface area contributed by atoms with Gasteiger partial charge in [-0.05, 0) is 30.7 Å². The number of halogens is 1. The first kappa shape index (κ1) is 11.7. The molecule has 0 aliphatic heterocycles. The normalized spacial score (nSPS) is 11.2. The Morgan fingerprint density at radius 2 is 2.22 bits per heavy atom. The van der Waals surface area contributed by atoms with Gasteiger partial charge in [-0.2, -0.15) is 0 Å². The van der Waals surface area contributed by atoms with Crippen LogP contribution in [0.4, 0.5) is 0 Å². The summed E-state index contributed by atoms with van der Waals surface area (Å²) in [5, 5.41) is 1.07. The number of rotatable bonds is 3. The summed E-state index contributed by atoms with van der Waals surface area (Å²) < 4.78 is 2.89. The van der Waals surface area contributed by atoms with Crippen molar-refractivity contribution < 1.29 is 0 Å². The van der Waals surface area contributed by atoms with Crippen molar-refractivity contribution in [2.75, 3.05) is 0 Å². The van der Waals surface area contributed by atoms with Crippen molar-refractivity contribution in [3.63, 3.8) is 0 Å². The van der Waals surface area contributed by atoms with E-state index in [1.165, 1.54) is 0 Å². The van der Waals surface area contributed by atoms with Crippen LogP contribution >= 0.6 is 22.9 Å². The second-order valence-corrected chi connectivity index (χ2v) is 5.73. The molecule has 0 unspecified atom stereocenters. The Morgan fingerprint density at radius 1 is 1.33 bits per heavy atom. The standard InChI is InChI=1S/C13H12ClN3S/c1-2-4-11-16-9-5-3-8-15-13(9)17(11)12-7-6-10(14)18-12/h3,5-8H,2,4H2,1H3. The Morgan fingerprint density at radius 3 is 2.94 bits per heavy atom. The van der Waals surface area contributed by atoms with Crippen LogP contribution in [0, 0.1) is 0 Å². The lowest BCUT2D eigenvalue weighted by atomic mass is 10.3. The van der Waals surface area contributed by atoms with E-state index in [0.29, 0.717) is 0 Å². The first-order valence-electron chi connectivity index (χ1n) is 5.87. The summed E-state index contributed by atoms with van der Waals surface area (Å²) in [5.74, 6) is 1.05. The molecule has 0 N–H and O–H groups in total. The number of aromatic nitrogens is 3. The number of pyridine rings is 1. The molecule has 0 saturated carbocycles. The van der Waals surface area contributed by atoms with Gasteiger partial charge in [0.15, 0.2) is 5.65 Å². The number of imidazole rings is 1. The zero-order valence-corrected chi connectivity index (χ0v) is 11.5. The largest absolute Gasteiger partial charge is 0.271 e. The van der Waals surface area contributed by atoms with E-state index < -0.39 is 0 Å². The first-order chi connectivity index (χ1) is 8.79. The van der Waals surface area contributed by atoms with Crippen LogP contribution in [0.1, 0.15) is 19.2 Å². The van der Waals surface area contributed by atoms with Gasteiger partial charge in [-0.25, -0.2) is 9.97 Å². The van der Waals surface area contributed by atoms with Crippen LogP contribution in [0.25, 0.3) is 16.2 Å². The van der Waals surface area contributed by atoms with Crippen molar-refractivity contribution in [1.82, 2.24) is 14.5 Å². The van der Waals surface area contributed by atoms with E-state index in [2.05, 4.69) is 21.5 Å². The monoisotopic (exact) mass is 277 g/mol. The second kappa shape index (κ2) is 4.71. The Bertz CT molecular complexity index is 686. The molecule has 3 heterocycles. The SMILES string of the molecule is CCCc1nc2cccnc2n1-c1ccc(Cl)s1. The van der Waals surface area contributed by atoms with Gasteiger partial charge in [0, 0.05) is 12.6 Å². The van der Waals surface area contributed by atoms with Crippen LogP contribution < -0.4 is 0 Å². The molecule has 0 aliphatic rings. The molecule has 0 spiro atoms. The minimum absolute atomic E-state index is 0.783. The van der Waals surface area contributed by atoms with Crippen molar-refractivity contribution in [1.29, 1.82) is 0 Å². The molecule has 3 aromatic heterocycles. The number of nitrogens with zero attached hydrogens (tertiary/aromatic N) is 3. The number of fused-ring (bicyclic) bond motifs is 1. The smallest absolute Gasteiger partial charge is 0.165 e. The maximum Gasteiger partial charge on any atom is 0.165 e. The number of aryl methyl sites for hydroxylation is 1. The van der Waals surface area contributed by atoms with Gasteiger partial charge in [0.05, 0.1) is 4.34 Å². The molecule has 3 nitrogen and oxygen atoms in total. The molecule has 92 valence electrons. The molecule has 0 bridgehead atoms. The Kier molecular flexibility index (Phi) is 3.06. The highest BCUT2D eigenvalue weighted by atomic mass is 35.5. The van der Waals surface area contributed by atoms with Crippen LogP contribution in [-0.4, -0.2) is 14.5 Å². The third kappa shape index (κ3) is 1.91. The molecular weight excluding hydrogens is 266 g/mol. The summed E-state index contributed by atoms with van der Waals surface area (Å²) in [7, 11) is 0. The highest BCUT2D eigenvalue weighted by Crippen LogP contribution is 2.29. The maximum absolute atomic E-state index is 6.02. The van der Waals surface area contributed by atoms with E-state index in [1.54, 1.807) is 17.5 Å². The topological polar surface area (TPSA) is 30.7 Å².